The molecule has 6 nitrogen and oxygen atoms in total. The Morgan fingerprint density at radius 1 is 1.04 bits per heavy atom. The molecule has 0 radical (unpaired) electrons. The predicted molar refractivity (Wildman–Crippen MR) is 109 cm³/mol. The van der Waals surface area contributed by atoms with Gasteiger partial charge < -0.3 is 16.0 Å². The second-order valence-corrected chi connectivity index (χ2v) is 6.75. The first-order valence-corrected chi connectivity index (χ1v) is 9.42. The molecule has 0 saturated heterocycles. The van der Waals surface area contributed by atoms with Crippen molar-refractivity contribution >= 4 is 46.1 Å². The van der Waals surface area contributed by atoms with Gasteiger partial charge in [0.2, 0.25) is 0 Å². The van der Waals surface area contributed by atoms with E-state index in [1.807, 2.05) is 0 Å². The fourth-order valence-corrected chi connectivity index (χ4v) is 3.00. The van der Waals surface area contributed by atoms with Crippen LogP contribution >= 0.6 is 23.8 Å². The summed E-state index contributed by atoms with van der Waals surface area (Å²) in [5.41, 5.74) is 2.14. The van der Waals surface area contributed by atoms with Crippen LogP contribution in [0.1, 0.15) is 16.1 Å². The Morgan fingerprint density at radius 2 is 1.68 bits per heavy atom. The zero-order chi connectivity index (χ0) is 19.9. The van der Waals surface area contributed by atoms with Crippen LogP contribution in [0.2, 0.25) is 0 Å². The van der Waals surface area contributed by atoms with Gasteiger partial charge in [0, 0.05) is 29.4 Å². The number of carbonyl (C=O) groups is 1. The molecule has 0 aliphatic rings. The summed E-state index contributed by atoms with van der Waals surface area (Å²) in [5, 5.41) is 14.3. The third-order valence-corrected chi connectivity index (χ3v) is 4.37. The minimum Gasteiger partial charge on any atom is -0.362 e. The highest BCUT2D eigenvalue weighted by molar-refractivity contribution is 7.80. The van der Waals surface area contributed by atoms with Crippen LogP contribution in [0.3, 0.4) is 0 Å². The number of hydrogen-bond acceptors (Lipinski definition) is 5. The average Bonchev–Trinajstić information content (AvgIpc) is 3.17. The Balaban J connectivity index is 1.45. The van der Waals surface area contributed by atoms with E-state index in [1.165, 1.54) is 12.1 Å². The first-order chi connectivity index (χ1) is 13.5. The molecular formula is C18H15F2N5OS2. The first kappa shape index (κ1) is 19.8. The number of nitrogens with one attached hydrogen (secondary N) is 3. The quantitative estimate of drug-likeness (QED) is 0.530. The van der Waals surface area contributed by atoms with Gasteiger partial charge in [-0.3, -0.25) is 4.79 Å². The molecule has 3 N–H and O–H groups in total. The Labute approximate surface area is 169 Å². The van der Waals surface area contributed by atoms with Crippen LogP contribution in [0.15, 0.2) is 47.8 Å². The molecule has 0 saturated carbocycles. The summed E-state index contributed by atoms with van der Waals surface area (Å²) in [4.78, 5) is 11.9. The largest absolute Gasteiger partial charge is 0.362 e. The van der Waals surface area contributed by atoms with Crippen LogP contribution in [0.5, 0.6) is 0 Å². The van der Waals surface area contributed by atoms with Crippen molar-refractivity contribution in [2.24, 2.45) is 0 Å². The number of rotatable bonds is 6. The lowest BCUT2D eigenvalue weighted by Crippen LogP contribution is -2.30. The number of aromatic nitrogens is 2. The third-order valence-electron chi connectivity index (χ3n) is 3.61. The van der Waals surface area contributed by atoms with E-state index in [0.29, 0.717) is 29.3 Å². The minimum atomic E-state index is -0.603. The van der Waals surface area contributed by atoms with Gasteiger partial charge in [0.25, 0.3) is 5.91 Å². The molecule has 0 unspecified atom stereocenters. The Morgan fingerprint density at radius 3 is 2.29 bits per heavy atom. The minimum absolute atomic E-state index is 0.260. The van der Waals surface area contributed by atoms with Crippen molar-refractivity contribution in [2.45, 2.75) is 6.42 Å². The highest BCUT2D eigenvalue weighted by Crippen LogP contribution is 2.14. The Kier molecular flexibility index (Phi) is 6.56. The fraction of sp³-hybridized carbons (Fsp3) is 0.111. The molecule has 3 aromatic rings. The molecule has 3 rings (SSSR count). The van der Waals surface area contributed by atoms with E-state index in [9.17, 15) is 13.6 Å². The number of carbonyl (C=O) groups excluding carboxylic acids is 1. The van der Waals surface area contributed by atoms with Crippen LogP contribution in [-0.4, -0.2) is 27.2 Å². The van der Waals surface area contributed by atoms with Gasteiger partial charge in [-0.1, -0.05) is 4.49 Å². The van der Waals surface area contributed by atoms with Gasteiger partial charge in [0.1, 0.15) is 11.6 Å². The van der Waals surface area contributed by atoms with Gasteiger partial charge in [-0.15, -0.1) is 5.10 Å². The molecule has 1 amide bonds. The van der Waals surface area contributed by atoms with E-state index < -0.39 is 11.6 Å². The molecule has 0 bridgehead atoms. The smallest absolute Gasteiger partial charge is 0.277 e. The molecule has 28 heavy (non-hydrogen) atoms. The number of nitrogens with zero attached hydrogens (tertiary/aromatic N) is 2. The van der Waals surface area contributed by atoms with Crippen molar-refractivity contribution in [3.8, 4) is 0 Å². The van der Waals surface area contributed by atoms with Crippen molar-refractivity contribution in [3.05, 3.63) is 70.7 Å². The fourth-order valence-electron chi connectivity index (χ4n) is 2.35. The highest BCUT2D eigenvalue weighted by Gasteiger charge is 2.09. The lowest BCUT2D eigenvalue weighted by atomic mass is 10.1. The number of amides is 1. The molecule has 0 aliphatic carbocycles. The van der Waals surface area contributed by atoms with Gasteiger partial charge in [-0.05, 0) is 72.1 Å². The standard InChI is InChI=1S/C18H15F2N5OS2/c19-12-7-11(8-13(20)9-12)5-6-21-18(27)23-15-3-1-14(2-4-15)22-17(26)16-10-28-25-24-16/h1-4,7-10H,5-6H2,(H,22,26)(H2,21,23,27). The summed E-state index contributed by atoms with van der Waals surface area (Å²) in [7, 11) is 0. The molecule has 0 spiro atoms. The normalized spacial score (nSPS) is 10.4. The summed E-state index contributed by atoms with van der Waals surface area (Å²) >= 11 is 6.31. The summed E-state index contributed by atoms with van der Waals surface area (Å²) in [6.45, 7) is 0.421. The molecule has 2 aromatic carbocycles. The van der Waals surface area contributed by atoms with Crippen LogP contribution in [-0.2, 0) is 6.42 Å². The monoisotopic (exact) mass is 419 g/mol. The maximum atomic E-state index is 13.2. The number of anilines is 2. The van der Waals surface area contributed by atoms with Gasteiger partial charge in [0.05, 0.1) is 0 Å². The molecular weight excluding hydrogens is 404 g/mol. The van der Waals surface area contributed by atoms with E-state index in [2.05, 4.69) is 25.5 Å². The zero-order valence-corrected chi connectivity index (χ0v) is 16.0. The van der Waals surface area contributed by atoms with Gasteiger partial charge in [0.15, 0.2) is 10.8 Å². The SMILES string of the molecule is O=C(Nc1ccc(NC(=S)NCCc2cc(F)cc(F)c2)cc1)c1csnn1. The van der Waals surface area contributed by atoms with Gasteiger partial charge >= 0.3 is 0 Å². The molecule has 0 aliphatic heterocycles. The van der Waals surface area contributed by atoms with Crippen LogP contribution in [0.25, 0.3) is 0 Å². The molecule has 1 heterocycles. The summed E-state index contributed by atoms with van der Waals surface area (Å²) in [6, 6.07) is 10.4. The number of benzene rings is 2. The van der Waals surface area contributed by atoms with Gasteiger partial charge in [-0.25, -0.2) is 8.78 Å². The summed E-state index contributed by atoms with van der Waals surface area (Å²) in [5.74, 6) is -1.54. The number of hydrogen-bond donors (Lipinski definition) is 3. The van der Waals surface area contributed by atoms with E-state index in [1.54, 1.807) is 29.6 Å². The molecule has 144 valence electrons. The summed E-state index contributed by atoms with van der Waals surface area (Å²) in [6.07, 6.45) is 0.424. The molecule has 0 fully saturated rings. The first-order valence-electron chi connectivity index (χ1n) is 8.18. The Bertz CT molecular complexity index is 944. The van der Waals surface area contributed by atoms with Gasteiger partial charge in [-0.2, -0.15) is 0 Å². The van der Waals surface area contributed by atoms with Crippen molar-refractivity contribution in [2.75, 3.05) is 17.2 Å². The molecule has 1 aromatic heterocycles. The maximum Gasteiger partial charge on any atom is 0.277 e. The van der Waals surface area contributed by atoms with E-state index in [0.717, 1.165) is 23.3 Å². The maximum absolute atomic E-state index is 13.2. The number of thiocarbonyl (C=S) groups is 1. The van der Waals surface area contributed by atoms with E-state index in [4.69, 9.17) is 12.2 Å². The van der Waals surface area contributed by atoms with E-state index >= 15 is 0 Å². The lowest BCUT2D eigenvalue weighted by Gasteiger charge is -2.11. The van der Waals surface area contributed by atoms with Crippen LogP contribution in [0.4, 0.5) is 20.2 Å². The van der Waals surface area contributed by atoms with Crippen molar-refractivity contribution in [3.63, 3.8) is 0 Å². The average molecular weight is 419 g/mol. The highest BCUT2D eigenvalue weighted by atomic mass is 32.1. The second-order valence-electron chi connectivity index (χ2n) is 5.73. The van der Waals surface area contributed by atoms with Crippen LogP contribution < -0.4 is 16.0 Å². The number of halogens is 2. The predicted octanol–water partition coefficient (Wildman–Crippen LogP) is 3.60. The topological polar surface area (TPSA) is 78.9 Å². The van der Waals surface area contributed by atoms with E-state index in [-0.39, 0.29) is 11.6 Å². The zero-order valence-electron chi connectivity index (χ0n) is 14.4. The van der Waals surface area contributed by atoms with Crippen molar-refractivity contribution in [1.82, 2.24) is 14.9 Å². The van der Waals surface area contributed by atoms with Crippen molar-refractivity contribution < 1.29 is 13.6 Å². The molecule has 10 heteroatoms. The Hall–Kier alpha value is -2.98. The van der Waals surface area contributed by atoms with Crippen LogP contribution in [0, 0.1) is 11.6 Å². The second kappa shape index (κ2) is 9.29. The van der Waals surface area contributed by atoms with Crippen molar-refractivity contribution in [1.29, 1.82) is 0 Å². The third kappa shape index (κ3) is 5.76. The lowest BCUT2D eigenvalue weighted by molar-refractivity contribution is 0.102. The summed E-state index contributed by atoms with van der Waals surface area (Å²) < 4.78 is 30.0. The molecule has 0 atom stereocenters.